The molecule has 0 bridgehead atoms. The molecule has 7 heteroatoms. The molecule has 2 unspecified atom stereocenters. The molecule has 0 radical (unpaired) electrons. The third kappa shape index (κ3) is 4.30. The van der Waals surface area contributed by atoms with Crippen LogP contribution in [0.25, 0.3) is 0 Å². The predicted molar refractivity (Wildman–Crippen MR) is 90.2 cm³/mol. The van der Waals surface area contributed by atoms with Gasteiger partial charge >= 0.3 is 0 Å². The van der Waals surface area contributed by atoms with E-state index in [2.05, 4.69) is 15.4 Å². The second-order valence-corrected chi connectivity index (χ2v) is 5.78. The Morgan fingerprint density at radius 1 is 1.43 bits per heavy atom. The van der Waals surface area contributed by atoms with E-state index in [0.717, 1.165) is 30.1 Å². The van der Waals surface area contributed by atoms with Gasteiger partial charge in [-0.1, -0.05) is 30.3 Å². The van der Waals surface area contributed by atoms with Gasteiger partial charge in [-0.25, -0.2) is 9.67 Å². The van der Waals surface area contributed by atoms with Gasteiger partial charge in [0.1, 0.15) is 11.6 Å². The molecule has 2 atom stereocenters. The molecule has 1 aromatic carbocycles. The zero-order chi connectivity index (χ0) is 15.5. The lowest BCUT2D eigenvalue weighted by Gasteiger charge is -2.24. The van der Waals surface area contributed by atoms with Crippen LogP contribution in [-0.4, -0.2) is 26.7 Å². The second-order valence-electron chi connectivity index (χ2n) is 5.78. The van der Waals surface area contributed by atoms with Gasteiger partial charge in [-0.15, -0.1) is 12.4 Å². The molecule has 1 aromatic heterocycles. The van der Waals surface area contributed by atoms with Crippen LogP contribution in [0.5, 0.6) is 0 Å². The number of carbonyl (C=O) groups is 1. The summed E-state index contributed by atoms with van der Waals surface area (Å²) in [7, 11) is 0. The number of amides is 1. The average Bonchev–Trinajstić information content (AvgIpc) is 2.87. The lowest BCUT2D eigenvalue weighted by molar-refractivity contribution is -0.122. The Kier molecular flexibility index (Phi) is 5.74. The first-order valence-electron chi connectivity index (χ1n) is 7.62. The molecule has 2 heterocycles. The third-order valence-electron chi connectivity index (χ3n) is 3.96. The number of benzene rings is 1. The van der Waals surface area contributed by atoms with Crippen molar-refractivity contribution in [2.45, 2.75) is 44.8 Å². The summed E-state index contributed by atoms with van der Waals surface area (Å²) in [6.07, 6.45) is 2.03. The Morgan fingerprint density at radius 2 is 2.17 bits per heavy atom. The van der Waals surface area contributed by atoms with Crippen molar-refractivity contribution in [2.75, 3.05) is 0 Å². The second kappa shape index (κ2) is 7.57. The molecule has 3 rings (SSSR count). The van der Waals surface area contributed by atoms with Gasteiger partial charge in [0, 0.05) is 24.9 Å². The molecular formula is C16H22ClN5O. The van der Waals surface area contributed by atoms with Crippen LogP contribution in [0.2, 0.25) is 0 Å². The van der Waals surface area contributed by atoms with E-state index in [1.807, 2.05) is 41.9 Å². The first kappa shape index (κ1) is 17.4. The van der Waals surface area contributed by atoms with Crippen LogP contribution in [0, 0.1) is 6.92 Å². The van der Waals surface area contributed by atoms with Gasteiger partial charge in [-0.3, -0.25) is 4.79 Å². The van der Waals surface area contributed by atoms with Gasteiger partial charge in [-0.05, 0) is 18.9 Å². The fourth-order valence-corrected chi connectivity index (χ4v) is 2.86. The summed E-state index contributed by atoms with van der Waals surface area (Å²) in [5.41, 5.74) is 7.07. The Morgan fingerprint density at radius 3 is 2.91 bits per heavy atom. The fraction of sp³-hybridized carbons (Fsp3) is 0.438. The highest BCUT2D eigenvalue weighted by molar-refractivity contribution is 5.85. The number of fused-ring (bicyclic) bond motifs is 1. The zero-order valence-corrected chi connectivity index (χ0v) is 13.9. The van der Waals surface area contributed by atoms with Crippen molar-refractivity contribution in [1.82, 2.24) is 20.1 Å². The number of halogens is 1. The molecule has 1 aliphatic rings. The number of carbonyl (C=O) groups excluding carboxylic acids is 1. The van der Waals surface area contributed by atoms with E-state index < -0.39 is 0 Å². The fourth-order valence-electron chi connectivity index (χ4n) is 2.86. The maximum Gasteiger partial charge on any atom is 0.222 e. The lowest BCUT2D eigenvalue weighted by Crippen LogP contribution is -2.42. The van der Waals surface area contributed by atoms with Crippen molar-refractivity contribution >= 4 is 18.3 Å². The Bertz CT molecular complexity index is 658. The summed E-state index contributed by atoms with van der Waals surface area (Å²) in [5, 5.41) is 7.41. The molecule has 0 spiro atoms. The molecule has 2 aromatic rings. The summed E-state index contributed by atoms with van der Waals surface area (Å²) in [6, 6.07) is 9.53. The first-order chi connectivity index (χ1) is 10.6. The third-order valence-corrected chi connectivity index (χ3v) is 3.96. The Hall–Kier alpha value is -1.92. The van der Waals surface area contributed by atoms with Gasteiger partial charge in [0.05, 0.1) is 6.54 Å². The molecular weight excluding hydrogens is 314 g/mol. The monoisotopic (exact) mass is 335 g/mol. The topological polar surface area (TPSA) is 85.8 Å². The van der Waals surface area contributed by atoms with Crippen LogP contribution in [0.3, 0.4) is 0 Å². The van der Waals surface area contributed by atoms with Crippen LogP contribution in [-0.2, 0) is 17.8 Å². The molecule has 6 nitrogen and oxygen atoms in total. The van der Waals surface area contributed by atoms with Crippen molar-refractivity contribution in [1.29, 1.82) is 0 Å². The number of hydrogen-bond donors (Lipinski definition) is 2. The van der Waals surface area contributed by atoms with Gasteiger partial charge in [-0.2, -0.15) is 5.10 Å². The van der Waals surface area contributed by atoms with Gasteiger partial charge < -0.3 is 11.1 Å². The van der Waals surface area contributed by atoms with E-state index in [1.54, 1.807) is 0 Å². The van der Waals surface area contributed by atoms with Crippen LogP contribution in [0.1, 0.15) is 36.1 Å². The van der Waals surface area contributed by atoms with Crippen LogP contribution in [0.15, 0.2) is 30.3 Å². The van der Waals surface area contributed by atoms with Crippen molar-refractivity contribution in [2.24, 2.45) is 5.73 Å². The number of aromatic nitrogens is 3. The molecule has 0 aliphatic carbocycles. The number of hydrogen-bond acceptors (Lipinski definition) is 4. The van der Waals surface area contributed by atoms with Crippen molar-refractivity contribution in [3.63, 3.8) is 0 Å². The molecule has 0 saturated carbocycles. The summed E-state index contributed by atoms with van der Waals surface area (Å²) in [6.45, 7) is 2.57. The van der Waals surface area contributed by atoms with Gasteiger partial charge in [0.25, 0.3) is 0 Å². The maximum absolute atomic E-state index is 12.2. The highest BCUT2D eigenvalue weighted by Crippen LogP contribution is 2.15. The summed E-state index contributed by atoms with van der Waals surface area (Å²) in [4.78, 5) is 16.5. The van der Waals surface area contributed by atoms with Crippen molar-refractivity contribution in [3.8, 4) is 0 Å². The summed E-state index contributed by atoms with van der Waals surface area (Å²) in [5.74, 6) is 1.78. The van der Waals surface area contributed by atoms with E-state index in [9.17, 15) is 4.79 Å². The number of nitrogens with two attached hydrogens (primary N) is 1. The van der Waals surface area contributed by atoms with Crippen LogP contribution in [0.4, 0.5) is 0 Å². The molecule has 1 amide bonds. The number of nitrogens with zero attached hydrogens (tertiary/aromatic N) is 3. The largest absolute Gasteiger partial charge is 0.351 e. The van der Waals surface area contributed by atoms with E-state index in [1.165, 1.54) is 0 Å². The minimum Gasteiger partial charge on any atom is -0.351 e. The summed E-state index contributed by atoms with van der Waals surface area (Å²) < 4.78 is 1.89. The maximum atomic E-state index is 12.2. The predicted octanol–water partition coefficient (Wildman–Crippen LogP) is 1.53. The zero-order valence-electron chi connectivity index (χ0n) is 13.1. The van der Waals surface area contributed by atoms with E-state index >= 15 is 0 Å². The lowest BCUT2D eigenvalue weighted by atomic mass is 10.0. The molecule has 0 saturated heterocycles. The van der Waals surface area contributed by atoms with Gasteiger partial charge in [0.2, 0.25) is 5.91 Å². The van der Waals surface area contributed by atoms with E-state index in [4.69, 9.17) is 5.73 Å². The highest BCUT2D eigenvalue weighted by atomic mass is 35.5. The molecule has 124 valence electrons. The standard InChI is InChI=1S/C16H21N5O.ClH/c1-11-18-15-8-7-13(10-21(15)20-11)19-16(22)9-14(17)12-5-3-2-4-6-12;/h2-6,13-14H,7-10,17H2,1H3,(H,19,22);1H. The molecule has 23 heavy (non-hydrogen) atoms. The highest BCUT2D eigenvalue weighted by Gasteiger charge is 2.23. The number of rotatable bonds is 4. The average molecular weight is 336 g/mol. The van der Waals surface area contributed by atoms with Crippen LogP contribution >= 0.6 is 12.4 Å². The quantitative estimate of drug-likeness (QED) is 0.887. The van der Waals surface area contributed by atoms with E-state index in [-0.39, 0.29) is 30.4 Å². The van der Waals surface area contributed by atoms with Gasteiger partial charge in [0.15, 0.2) is 0 Å². The molecule has 0 fully saturated rings. The number of nitrogens with one attached hydrogen (secondary N) is 1. The first-order valence-corrected chi connectivity index (χ1v) is 7.62. The van der Waals surface area contributed by atoms with E-state index in [0.29, 0.717) is 13.0 Å². The molecule has 1 aliphatic heterocycles. The Balaban J connectivity index is 0.00000192. The van der Waals surface area contributed by atoms with Crippen molar-refractivity contribution < 1.29 is 4.79 Å². The van der Waals surface area contributed by atoms with Crippen LogP contribution < -0.4 is 11.1 Å². The van der Waals surface area contributed by atoms with Crippen molar-refractivity contribution in [3.05, 3.63) is 47.5 Å². The summed E-state index contributed by atoms with van der Waals surface area (Å²) >= 11 is 0. The minimum absolute atomic E-state index is 0. The molecule has 3 N–H and O–H groups in total. The minimum atomic E-state index is -0.269. The Labute approximate surface area is 141 Å². The smallest absolute Gasteiger partial charge is 0.222 e. The number of aryl methyl sites for hydroxylation is 2. The SMILES string of the molecule is Cc1nc2n(n1)CC(NC(=O)CC(N)c1ccccc1)CC2.Cl. The normalized spacial score (nSPS) is 17.7.